The molecule has 0 atom stereocenters. The molecule has 0 unspecified atom stereocenters. The number of nitrogens with zero attached hydrogens (tertiary/aromatic N) is 1. The maximum absolute atomic E-state index is 10.4. The van der Waals surface area contributed by atoms with Gasteiger partial charge in [-0.2, -0.15) is 0 Å². The summed E-state index contributed by atoms with van der Waals surface area (Å²) in [6.07, 6.45) is 4.47. The second kappa shape index (κ2) is 6.12. The lowest BCUT2D eigenvalue weighted by atomic mass is 10.1. The molecule has 4 heteroatoms. The van der Waals surface area contributed by atoms with Gasteiger partial charge in [-0.05, 0) is 18.1 Å². The summed E-state index contributed by atoms with van der Waals surface area (Å²) in [4.78, 5) is 14.7. The molecule has 0 aliphatic carbocycles. The molecule has 0 bridgehead atoms. The van der Waals surface area contributed by atoms with Crippen molar-refractivity contribution in [1.82, 2.24) is 4.98 Å². The van der Waals surface area contributed by atoms with Crippen LogP contribution in [0.2, 0.25) is 0 Å². The number of aryl methyl sites for hydroxylation is 2. The van der Waals surface area contributed by atoms with Crippen molar-refractivity contribution in [2.24, 2.45) is 0 Å². The molecule has 0 aliphatic rings. The smallest absolute Gasteiger partial charge is 0.328 e. The fourth-order valence-corrected chi connectivity index (χ4v) is 2.34. The zero-order valence-electron chi connectivity index (χ0n) is 9.74. The van der Waals surface area contributed by atoms with Crippen LogP contribution in [0.25, 0.3) is 6.08 Å². The van der Waals surface area contributed by atoms with Gasteiger partial charge in [0.15, 0.2) is 0 Å². The molecule has 0 spiro atoms. The summed E-state index contributed by atoms with van der Waals surface area (Å²) >= 11 is 1.57. The summed E-state index contributed by atoms with van der Waals surface area (Å²) < 4.78 is 0. The van der Waals surface area contributed by atoms with E-state index in [4.69, 9.17) is 5.11 Å². The number of rotatable bonds is 5. The summed E-state index contributed by atoms with van der Waals surface area (Å²) in [5, 5.41) is 11.4. The summed E-state index contributed by atoms with van der Waals surface area (Å²) in [6.45, 7) is 0. The Bertz CT molecular complexity index is 546. The van der Waals surface area contributed by atoms with Crippen molar-refractivity contribution in [2.45, 2.75) is 12.8 Å². The maximum atomic E-state index is 10.4. The molecule has 0 aliphatic heterocycles. The third-order valence-corrected chi connectivity index (χ3v) is 3.36. The van der Waals surface area contributed by atoms with Crippen LogP contribution in [0.4, 0.5) is 0 Å². The number of thiazole rings is 1. The standard InChI is InChI=1S/C14H13NO2S/c16-14(17)9-7-12-10-18-13(15-12)8-6-11-4-2-1-3-5-11/h1-5,7,9-10H,6,8H2,(H,16,17)/b9-7+. The lowest BCUT2D eigenvalue weighted by Crippen LogP contribution is -1.90. The van der Waals surface area contributed by atoms with Gasteiger partial charge in [0.2, 0.25) is 0 Å². The summed E-state index contributed by atoms with van der Waals surface area (Å²) in [6, 6.07) is 10.2. The molecular weight excluding hydrogens is 246 g/mol. The van der Waals surface area contributed by atoms with E-state index in [9.17, 15) is 4.79 Å². The molecule has 1 aromatic carbocycles. The highest BCUT2D eigenvalue weighted by Crippen LogP contribution is 2.14. The second-order valence-electron chi connectivity index (χ2n) is 3.82. The summed E-state index contributed by atoms with van der Waals surface area (Å²) in [5.41, 5.74) is 2.00. The molecule has 2 aromatic rings. The van der Waals surface area contributed by atoms with Crippen LogP contribution in [-0.2, 0) is 17.6 Å². The number of carbonyl (C=O) groups is 1. The van der Waals surface area contributed by atoms with E-state index in [0.717, 1.165) is 23.9 Å². The molecule has 1 aromatic heterocycles. The molecule has 0 radical (unpaired) electrons. The van der Waals surface area contributed by atoms with Crippen molar-refractivity contribution in [3.63, 3.8) is 0 Å². The molecule has 0 fully saturated rings. The molecule has 92 valence electrons. The third kappa shape index (κ3) is 3.82. The molecular formula is C14H13NO2S. The van der Waals surface area contributed by atoms with Crippen molar-refractivity contribution in [2.75, 3.05) is 0 Å². The zero-order valence-corrected chi connectivity index (χ0v) is 10.6. The Morgan fingerprint density at radius 2 is 2.06 bits per heavy atom. The third-order valence-electron chi connectivity index (χ3n) is 2.44. The number of carboxylic acids is 1. The van der Waals surface area contributed by atoms with Crippen molar-refractivity contribution in [3.05, 3.63) is 58.1 Å². The highest BCUT2D eigenvalue weighted by molar-refractivity contribution is 7.09. The van der Waals surface area contributed by atoms with Crippen LogP contribution in [0, 0.1) is 0 Å². The molecule has 1 heterocycles. The Morgan fingerprint density at radius 1 is 1.28 bits per heavy atom. The van der Waals surface area contributed by atoms with E-state index in [0.29, 0.717) is 5.69 Å². The fourth-order valence-electron chi connectivity index (χ4n) is 1.57. The number of aromatic nitrogens is 1. The first kappa shape index (κ1) is 12.5. The molecule has 2 rings (SSSR count). The normalized spacial score (nSPS) is 10.9. The van der Waals surface area contributed by atoms with Gasteiger partial charge in [0.1, 0.15) is 0 Å². The summed E-state index contributed by atoms with van der Waals surface area (Å²) in [7, 11) is 0. The van der Waals surface area contributed by atoms with Crippen LogP contribution in [0.5, 0.6) is 0 Å². The SMILES string of the molecule is O=C(O)/C=C/c1csc(CCc2ccccc2)n1. The average Bonchev–Trinajstić information content (AvgIpc) is 2.83. The molecule has 18 heavy (non-hydrogen) atoms. The number of benzene rings is 1. The fraction of sp³-hybridized carbons (Fsp3) is 0.143. The predicted octanol–water partition coefficient (Wildman–Crippen LogP) is 3.03. The van der Waals surface area contributed by atoms with Gasteiger partial charge in [-0.1, -0.05) is 30.3 Å². The number of aliphatic carboxylic acids is 1. The van der Waals surface area contributed by atoms with Gasteiger partial charge in [0.25, 0.3) is 0 Å². The highest BCUT2D eigenvalue weighted by Gasteiger charge is 2.01. The Balaban J connectivity index is 1.93. The zero-order chi connectivity index (χ0) is 12.8. The van der Waals surface area contributed by atoms with E-state index in [1.807, 2.05) is 23.6 Å². The first-order valence-electron chi connectivity index (χ1n) is 5.63. The van der Waals surface area contributed by atoms with Crippen molar-refractivity contribution in [1.29, 1.82) is 0 Å². The van der Waals surface area contributed by atoms with Crippen LogP contribution < -0.4 is 0 Å². The van der Waals surface area contributed by atoms with Crippen molar-refractivity contribution >= 4 is 23.4 Å². The van der Waals surface area contributed by atoms with E-state index in [-0.39, 0.29) is 0 Å². The first-order chi connectivity index (χ1) is 8.74. The predicted molar refractivity (Wildman–Crippen MR) is 72.6 cm³/mol. The van der Waals surface area contributed by atoms with Crippen LogP contribution in [0.15, 0.2) is 41.8 Å². The summed E-state index contributed by atoms with van der Waals surface area (Å²) in [5.74, 6) is -0.950. The highest BCUT2D eigenvalue weighted by atomic mass is 32.1. The minimum atomic E-state index is -0.950. The Labute approximate surface area is 109 Å². The van der Waals surface area contributed by atoms with Crippen LogP contribution in [0.3, 0.4) is 0 Å². The first-order valence-corrected chi connectivity index (χ1v) is 6.51. The minimum absolute atomic E-state index is 0.713. The second-order valence-corrected chi connectivity index (χ2v) is 4.77. The Kier molecular flexibility index (Phi) is 4.25. The Hall–Kier alpha value is -1.94. The average molecular weight is 259 g/mol. The van der Waals surface area contributed by atoms with Gasteiger partial charge in [-0.25, -0.2) is 9.78 Å². The minimum Gasteiger partial charge on any atom is -0.478 e. The monoisotopic (exact) mass is 259 g/mol. The van der Waals surface area contributed by atoms with E-state index in [1.54, 1.807) is 11.3 Å². The lowest BCUT2D eigenvalue weighted by molar-refractivity contribution is -0.131. The van der Waals surface area contributed by atoms with E-state index >= 15 is 0 Å². The van der Waals surface area contributed by atoms with Crippen LogP contribution >= 0.6 is 11.3 Å². The molecule has 0 saturated heterocycles. The van der Waals surface area contributed by atoms with Gasteiger partial charge < -0.3 is 5.11 Å². The number of hydrogen-bond acceptors (Lipinski definition) is 3. The number of hydrogen-bond donors (Lipinski definition) is 1. The molecule has 1 N–H and O–H groups in total. The molecule has 0 saturated carbocycles. The topological polar surface area (TPSA) is 50.2 Å². The van der Waals surface area contributed by atoms with Gasteiger partial charge in [0, 0.05) is 17.9 Å². The lowest BCUT2D eigenvalue weighted by Gasteiger charge is -1.97. The van der Waals surface area contributed by atoms with Gasteiger partial charge in [0.05, 0.1) is 10.7 Å². The van der Waals surface area contributed by atoms with E-state index in [1.165, 1.54) is 11.6 Å². The van der Waals surface area contributed by atoms with Gasteiger partial charge >= 0.3 is 5.97 Å². The van der Waals surface area contributed by atoms with Crippen LogP contribution in [0.1, 0.15) is 16.3 Å². The molecule has 3 nitrogen and oxygen atoms in total. The van der Waals surface area contributed by atoms with Gasteiger partial charge in [-0.3, -0.25) is 0 Å². The van der Waals surface area contributed by atoms with E-state index in [2.05, 4.69) is 17.1 Å². The largest absolute Gasteiger partial charge is 0.478 e. The quantitative estimate of drug-likeness (QED) is 0.840. The van der Waals surface area contributed by atoms with E-state index < -0.39 is 5.97 Å². The Morgan fingerprint density at radius 3 is 2.78 bits per heavy atom. The number of carboxylic acid groups (broad SMARTS) is 1. The van der Waals surface area contributed by atoms with Crippen molar-refractivity contribution < 1.29 is 9.90 Å². The van der Waals surface area contributed by atoms with Gasteiger partial charge in [-0.15, -0.1) is 11.3 Å². The molecule has 0 amide bonds. The van der Waals surface area contributed by atoms with Crippen molar-refractivity contribution in [3.8, 4) is 0 Å². The maximum Gasteiger partial charge on any atom is 0.328 e. The van der Waals surface area contributed by atoms with Crippen LogP contribution in [-0.4, -0.2) is 16.1 Å².